The van der Waals surface area contributed by atoms with E-state index in [1.807, 2.05) is 12.1 Å². The molecule has 1 fully saturated rings. The van der Waals surface area contributed by atoms with Gasteiger partial charge in [0.05, 0.1) is 26.8 Å². The summed E-state index contributed by atoms with van der Waals surface area (Å²) in [5.74, 6) is -1.48. The lowest BCUT2D eigenvalue weighted by Crippen LogP contribution is -2.46. The predicted octanol–water partition coefficient (Wildman–Crippen LogP) is 1.70. The Kier molecular flexibility index (Phi) is 7.98. The van der Waals surface area contributed by atoms with Gasteiger partial charge in [-0.15, -0.1) is 0 Å². The highest BCUT2D eigenvalue weighted by atomic mass is 32.2. The van der Waals surface area contributed by atoms with Gasteiger partial charge >= 0.3 is 0 Å². The summed E-state index contributed by atoms with van der Waals surface area (Å²) in [6.07, 6.45) is -0.369. The number of anilines is 1. The number of imide groups is 1. The number of sulfonamides is 3. The van der Waals surface area contributed by atoms with Crippen LogP contribution < -0.4 is 15.2 Å². The minimum Gasteiger partial charge on any atom is -0.274 e. The number of rotatable bonds is 9. The number of nitrogens with two attached hydrogens (primary N) is 2. The summed E-state index contributed by atoms with van der Waals surface area (Å²) >= 11 is 0. The average Bonchev–Trinajstić information content (AvgIpc) is 3.25. The summed E-state index contributed by atoms with van der Waals surface area (Å²) in [7, 11) is -12.3. The average molecular weight is 643 g/mol. The van der Waals surface area contributed by atoms with Crippen molar-refractivity contribution in [1.82, 2.24) is 4.31 Å². The first-order chi connectivity index (χ1) is 20.2. The number of carbonyl (C=O) groups is 2. The van der Waals surface area contributed by atoms with E-state index in [4.69, 9.17) is 10.3 Å². The number of primary sulfonamides is 2. The molecule has 2 amide bonds. The number of hydrogen-bond donors (Lipinski definition) is 2. The molecule has 1 unspecified atom stereocenters. The molecule has 0 spiro atoms. The Balaban J connectivity index is 1.51. The highest BCUT2D eigenvalue weighted by Crippen LogP contribution is 2.31. The molecule has 0 aliphatic carbocycles. The van der Waals surface area contributed by atoms with E-state index < -0.39 is 54.3 Å². The number of benzene rings is 4. The minimum absolute atomic E-state index is 0.0616. The summed E-state index contributed by atoms with van der Waals surface area (Å²) in [5, 5.41) is 11.8. The number of fused-ring (bicyclic) bond motifs is 1. The largest absolute Gasteiger partial charge is 0.274 e. The van der Waals surface area contributed by atoms with E-state index in [0.29, 0.717) is 10.9 Å². The van der Waals surface area contributed by atoms with E-state index in [-0.39, 0.29) is 33.3 Å². The van der Waals surface area contributed by atoms with Crippen molar-refractivity contribution in [3.05, 3.63) is 96.6 Å². The van der Waals surface area contributed by atoms with Gasteiger partial charge in [0.15, 0.2) is 0 Å². The molecule has 0 radical (unpaired) electrons. The lowest BCUT2D eigenvalue weighted by Gasteiger charge is -2.27. The molecule has 5 rings (SSSR count). The number of carbonyl (C=O) groups excluding carboxylic acids is 2. The minimum atomic E-state index is -4.34. The van der Waals surface area contributed by atoms with Gasteiger partial charge in [-0.05, 0) is 71.3 Å². The molecule has 12 nitrogen and oxygen atoms in total. The molecule has 224 valence electrons. The maximum absolute atomic E-state index is 14.1. The van der Waals surface area contributed by atoms with Gasteiger partial charge in [0, 0.05) is 6.54 Å². The maximum Gasteiger partial charge on any atom is 0.252 e. The van der Waals surface area contributed by atoms with Crippen LogP contribution in [0.2, 0.25) is 0 Å². The van der Waals surface area contributed by atoms with E-state index in [0.717, 1.165) is 26.7 Å². The Labute approximate surface area is 248 Å². The standard InChI is InChI=1S/C28H26N4O8S3/c29-41(35,36)23-10-5-19(6-11-23)15-16-31(43(39,40)25-12-7-20-3-1-2-4-21(20)17-25)26-18-27(33)32(28(26)34)22-8-13-24(14-9-22)42(30,37)38/h1-14,17,26H,15-16,18H2,(H2,29,35,36)(H2,30,37,38). The predicted molar refractivity (Wildman–Crippen MR) is 158 cm³/mol. The van der Waals surface area contributed by atoms with Crippen LogP contribution >= 0.6 is 0 Å². The fourth-order valence-electron chi connectivity index (χ4n) is 4.89. The molecule has 1 atom stereocenters. The van der Waals surface area contributed by atoms with Crippen LogP contribution in [0.5, 0.6) is 0 Å². The quantitative estimate of drug-likeness (QED) is 0.257. The Morgan fingerprint density at radius 2 is 1.23 bits per heavy atom. The van der Waals surface area contributed by atoms with Gasteiger partial charge in [-0.25, -0.2) is 40.4 Å². The summed E-state index contributed by atoms with van der Waals surface area (Å²) in [5.41, 5.74) is 0.629. The van der Waals surface area contributed by atoms with Crippen LogP contribution in [-0.4, -0.2) is 54.0 Å². The van der Waals surface area contributed by atoms with Gasteiger partial charge in [-0.2, -0.15) is 4.31 Å². The van der Waals surface area contributed by atoms with Crippen molar-refractivity contribution in [1.29, 1.82) is 0 Å². The fraction of sp³-hybridized carbons (Fsp3) is 0.143. The molecule has 4 N–H and O–H groups in total. The Morgan fingerprint density at radius 3 is 1.81 bits per heavy atom. The van der Waals surface area contributed by atoms with Crippen molar-refractivity contribution in [2.24, 2.45) is 10.3 Å². The maximum atomic E-state index is 14.1. The lowest BCUT2D eigenvalue weighted by molar-refractivity contribution is -0.122. The molecule has 1 saturated heterocycles. The molecular weight excluding hydrogens is 617 g/mol. The molecule has 43 heavy (non-hydrogen) atoms. The van der Waals surface area contributed by atoms with Gasteiger partial charge in [0.2, 0.25) is 36.0 Å². The first kappa shape index (κ1) is 30.5. The third kappa shape index (κ3) is 6.22. The van der Waals surface area contributed by atoms with E-state index in [9.17, 15) is 34.8 Å². The Hall–Kier alpha value is -3.99. The lowest BCUT2D eigenvalue weighted by atomic mass is 10.1. The van der Waals surface area contributed by atoms with E-state index in [2.05, 4.69) is 0 Å². The highest BCUT2D eigenvalue weighted by Gasteiger charge is 2.46. The Bertz CT molecular complexity index is 2060. The zero-order chi connectivity index (χ0) is 31.2. The van der Waals surface area contributed by atoms with Crippen LogP contribution in [-0.2, 0) is 46.1 Å². The Morgan fingerprint density at radius 1 is 0.698 bits per heavy atom. The SMILES string of the molecule is NS(=O)(=O)c1ccc(CCN(C2CC(=O)N(c3ccc(S(N)(=O)=O)cc3)C2=O)S(=O)(=O)c2ccc3ccccc3c2)cc1. The number of nitrogens with zero attached hydrogens (tertiary/aromatic N) is 2. The molecule has 0 aromatic heterocycles. The summed E-state index contributed by atoms with van der Waals surface area (Å²) in [6, 6.07) is 20.7. The van der Waals surface area contributed by atoms with Crippen LogP contribution in [0.15, 0.2) is 106 Å². The molecular formula is C28H26N4O8S3. The summed E-state index contributed by atoms with van der Waals surface area (Å²) < 4.78 is 75.7. The van der Waals surface area contributed by atoms with Crippen molar-refractivity contribution in [3.63, 3.8) is 0 Å². The smallest absolute Gasteiger partial charge is 0.252 e. The highest BCUT2D eigenvalue weighted by molar-refractivity contribution is 7.89. The van der Waals surface area contributed by atoms with Gasteiger partial charge < -0.3 is 0 Å². The van der Waals surface area contributed by atoms with Gasteiger partial charge in [-0.1, -0.05) is 42.5 Å². The van der Waals surface area contributed by atoms with Crippen LogP contribution in [0.1, 0.15) is 12.0 Å². The number of hydrogen-bond acceptors (Lipinski definition) is 8. The molecule has 4 aromatic rings. The first-order valence-electron chi connectivity index (χ1n) is 12.8. The number of amides is 2. The zero-order valence-electron chi connectivity index (χ0n) is 22.4. The second-order valence-corrected chi connectivity index (χ2v) is 14.9. The third-order valence-electron chi connectivity index (χ3n) is 7.09. The van der Waals surface area contributed by atoms with Gasteiger partial charge in [0.1, 0.15) is 6.04 Å². The second kappa shape index (κ2) is 11.3. The summed E-state index contributed by atoms with van der Waals surface area (Å²) in [4.78, 5) is 27.2. The van der Waals surface area contributed by atoms with Gasteiger partial charge in [-0.3, -0.25) is 9.59 Å². The van der Waals surface area contributed by atoms with Crippen molar-refractivity contribution < 1.29 is 34.8 Å². The van der Waals surface area contributed by atoms with Crippen LogP contribution in [0.25, 0.3) is 10.8 Å². The van der Waals surface area contributed by atoms with Crippen molar-refractivity contribution in [2.45, 2.75) is 33.6 Å². The molecule has 1 aliphatic rings. The third-order valence-corrected chi connectivity index (χ3v) is 10.9. The normalized spacial score (nSPS) is 16.3. The zero-order valence-corrected chi connectivity index (χ0v) is 24.8. The topological polar surface area (TPSA) is 195 Å². The molecule has 0 bridgehead atoms. The van der Waals surface area contributed by atoms with Crippen LogP contribution in [0.3, 0.4) is 0 Å². The van der Waals surface area contributed by atoms with Crippen molar-refractivity contribution in [2.75, 3.05) is 11.4 Å². The molecule has 1 heterocycles. The molecule has 15 heteroatoms. The second-order valence-electron chi connectivity index (χ2n) is 9.89. The monoisotopic (exact) mass is 642 g/mol. The molecule has 4 aromatic carbocycles. The van der Waals surface area contributed by atoms with Crippen LogP contribution in [0, 0.1) is 0 Å². The van der Waals surface area contributed by atoms with E-state index in [1.54, 1.807) is 18.2 Å². The van der Waals surface area contributed by atoms with Crippen molar-refractivity contribution in [3.8, 4) is 0 Å². The van der Waals surface area contributed by atoms with E-state index >= 15 is 0 Å². The summed E-state index contributed by atoms with van der Waals surface area (Å²) in [6.45, 7) is -0.217. The molecule has 0 saturated carbocycles. The van der Waals surface area contributed by atoms with Gasteiger partial charge in [0.25, 0.3) is 5.91 Å². The van der Waals surface area contributed by atoms with E-state index in [1.165, 1.54) is 48.5 Å². The van der Waals surface area contributed by atoms with Crippen molar-refractivity contribution >= 4 is 58.3 Å². The van der Waals surface area contributed by atoms with Crippen LogP contribution in [0.4, 0.5) is 5.69 Å². The fourth-order valence-corrected chi connectivity index (χ4v) is 7.54. The first-order valence-corrected chi connectivity index (χ1v) is 17.3. The molecule has 1 aliphatic heterocycles.